The van der Waals surface area contributed by atoms with Crippen molar-refractivity contribution in [2.45, 2.75) is 37.8 Å². The fraction of sp³-hybridized carbons (Fsp3) is 0.500. The molecule has 0 heterocycles. The molecule has 0 amide bonds. The number of aliphatic hydroxyl groups is 1. The van der Waals surface area contributed by atoms with Crippen LogP contribution in [0.1, 0.15) is 25.7 Å². The Labute approximate surface area is 103 Å². The van der Waals surface area contributed by atoms with Crippen LogP contribution >= 0.6 is 15.9 Å². The summed E-state index contributed by atoms with van der Waals surface area (Å²) in [5.74, 6) is -0.269. The van der Waals surface area contributed by atoms with Gasteiger partial charge in [0.25, 0.3) is 0 Å². The summed E-state index contributed by atoms with van der Waals surface area (Å²) < 4.78 is 13.5. The van der Waals surface area contributed by atoms with Crippen LogP contribution in [0.15, 0.2) is 22.7 Å². The number of rotatable bonds is 2. The molecule has 1 aromatic rings. The van der Waals surface area contributed by atoms with Gasteiger partial charge in [-0.25, -0.2) is 4.39 Å². The zero-order valence-electron chi connectivity index (χ0n) is 8.92. The second-order valence-corrected chi connectivity index (χ2v) is 5.09. The first-order valence-electron chi connectivity index (χ1n) is 5.56. The molecule has 0 saturated heterocycles. The van der Waals surface area contributed by atoms with E-state index in [2.05, 4.69) is 21.2 Å². The normalized spacial score (nSPS) is 25.4. The largest absolute Gasteiger partial charge is 0.391 e. The van der Waals surface area contributed by atoms with E-state index in [0.29, 0.717) is 4.47 Å². The SMILES string of the molecule is OC1CCCCC1Nc1ccc(F)c(Br)c1. The number of nitrogens with one attached hydrogen (secondary N) is 1. The molecule has 0 aliphatic heterocycles. The fourth-order valence-corrected chi connectivity index (χ4v) is 2.46. The summed E-state index contributed by atoms with van der Waals surface area (Å²) in [7, 11) is 0. The van der Waals surface area contributed by atoms with Crippen molar-refractivity contribution in [3.05, 3.63) is 28.5 Å². The van der Waals surface area contributed by atoms with E-state index < -0.39 is 0 Å². The number of halogens is 2. The van der Waals surface area contributed by atoms with Crippen LogP contribution in [0.2, 0.25) is 0 Å². The molecule has 0 radical (unpaired) electrons. The molecule has 0 spiro atoms. The van der Waals surface area contributed by atoms with Crippen molar-refractivity contribution in [3.63, 3.8) is 0 Å². The zero-order chi connectivity index (χ0) is 11.5. The van der Waals surface area contributed by atoms with E-state index >= 15 is 0 Å². The van der Waals surface area contributed by atoms with Gasteiger partial charge < -0.3 is 10.4 Å². The number of hydrogen-bond acceptors (Lipinski definition) is 2. The van der Waals surface area contributed by atoms with Crippen LogP contribution in [-0.4, -0.2) is 17.3 Å². The molecule has 2 unspecified atom stereocenters. The Kier molecular flexibility index (Phi) is 3.82. The van der Waals surface area contributed by atoms with E-state index in [1.165, 1.54) is 6.07 Å². The molecule has 1 fully saturated rings. The van der Waals surface area contributed by atoms with E-state index in [1.807, 2.05) is 0 Å². The lowest BCUT2D eigenvalue weighted by atomic mass is 9.92. The Balaban J connectivity index is 2.05. The molecule has 2 atom stereocenters. The van der Waals surface area contributed by atoms with Gasteiger partial charge in [0, 0.05) is 5.69 Å². The second kappa shape index (κ2) is 5.15. The Hall–Kier alpha value is -0.610. The first-order chi connectivity index (χ1) is 7.66. The standard InChI is InChI=1S/C12H15BrFNO/c13-9-7-8(5-6-10(9)14)15-11-3-1-2-4-12(11)16/h5-7,11-12,15-16H,1-4H2. The monoisotopic (exact) mass is 287 g/mol. The highest BCUT2D eigenvalue weighted by atomic mass is 79.9. The number of aliphatic hydroxyl groups excluding tert-OH is 1. The minimum absolute atomic E-state index is 0.0890. The van der Waals surface area contributed by atoms with Gasteiger partial charge in [-0.15, -0.1) is 0 Å². The molecule has 0 bridgehead atoms. The first kappa shape index (κ1) is 11.9. The third-order valence-corrected chi connectivity index (χ3v) is 3.61. The lowest BCUT2D eigenvalue weighted by Crippen LogP contribution is -2.36. The van der Waals surface area contributed by atoms with Crippen LogP contribution in [0.4, 0.5) is 10.1 Å². The molecule has 1 saturated carbocycles. The summed E-state index contributed by atoms with van der Waals surface area (Å²) >= 11 is 3.15. The van der Waals surface area contributed by atoms with Crippen molar-refractivity contribution in [1.82, 2.24) is 0 Å². The van der Waals surface area contributed by atoms with E-state index in [-0.39, 0.29) is 18.0 Å². The molecule has 88 valence electrons. The highest BCUT2D eigenvalue weighted by Gasteiger charge is 2.22. The van der Waals surface area contributed by atoms with Crippen LogP contribution < -0.4 is 5.32 Å². The molecular weight excluding hydrogens is 273 g/mol. The Morgan fingerprint density at radius 1 is 1.31 bits per heavy atom. The van der Waals surface area contributed by atoms with Gasteiger partial charge in [-0.3, -0.25) is 0 Å². The molecule has 16 heavy (non-hydrogen) atoms. The molecule has 1 aliphatic rings. The van der Waals surface area contributed by atoms with E-state index in [0.717, 1.165) is 31.4 Å². The first-order valence-corrected chi connectivity index (χ1v) is 6.36. The third kappa shape index (κ3) is 2.74. The van der Waals surface area contributed by atoms with Crippen molar-refractivity contribution in [2.24, 2.45) is 0 Å². The minimum atomic E-state index is -0.294. The van der Waals surface area contributed by atoms with Crippen LogP contribution in [0.25, 0.3) is 0 Å². The number of benzene rings is 1. The van der Waals surface area contributed by atoms with Gasteiger partial charge in [0.05, 0.1) is 16.6 Å². The van der Waals surface area contributed by atoms with Crippen molar-refractivity contribution >= 4 is 21.6 Å². The van der Waals surface area contributed by atoms with Gasteiger partial charge >= 0.3 is 0 Å². The summed E-state index contributed by atoms with van der Waals surface area (Å²) in [6, 6.07) is 4.91. The topological polar surface area (TPSA) is 32.3 Å². The lowest BCUT2D eigenvalue weighted by Gasteiger charge is -2.29. The average molecular weight is 288 g/mol. The summed E-state index contributed by atoms with van der Waals surface area (Å²) in [6.07, 6.45) is 3.75. The van der Waals surface area contributed by atoms with Crippen molar-refractivity contribution in [3.8, 4) is 0 Å². The van der Waals surface area contributed by atoms with Crippen LogP contribution in [0.3, 0.4) is 0 Å². The predicted octanol–water partition coefficient (Wildman–Crippen LogP) is 3.30. The van der Waals surface area contributed by atoms with Gasteiger partial charge in [0.15, 0.2) is 0 Å². The van der Waals surface area contributed by atoms with Crippen molar-refractivity contribution in [1.29, 1.82) is 0 Å². The molecular formula is C12H15BrFNO. The number of anilines is 1. The number of hydrogen-bond donors (Lipinski definition) is 2. The van der Waals surface area contributed by atoms with Gasteiger partial charge in [0.2, 0.25) is 0 Å². The molecule has 2 rings (SSSR count). The maximum Gasteiger partial charge on any atom is 0.137 e. The Bertz CT molecular complexity index is 372. The highest BCUT2D eigenvalue weighted by molar-refractivity contribution is 9.10. The Morgan fingerprint density at radius 2 is 2.06 bits per heavy atom. The summed E-state index contributed by atoms with van der Waals surface area (Å²) in [5, 5.41) is 13.1. The third-order valence-electron chi connectivity index (χ3n) is 3.00. The predicted molar refractivity (Wildman–Crippen MR) is 66.0 cm³/mol. The summed E-state index contributed by atoms with van der Waals surface area (Å²) in [4.78, 5) is 0. The second-order valence-electron chi connectivity index (χ2n) is 4.23. The van der Waals surface area contributed by atoms with Crippen LogP contribution in [0, 0.1) is 5.82 Å². The molecule has 4 heteroatoms. The molecule has 1 aliphatic carbocycles. The quantitative estimate of drug-likeness (QED) is 0.875. The summed E-state index contributed by atoms with van der Waals surface area (Å²) in [5.41, 5.74) is 0.847. The van der Waals surface area contributed by atoms with E-state index in [9.17, 15) is 9.50 Å². The Morgan fingerprint density at radius 3 is 2.75 bits per heavy atom. The zero-order valence-corrected chi connectivity index (χ0v) is 10.5. The maximum atomic E-state index is 13.0. The minimum Gasteiger partial charge on any atom is -0.391 e. The lowest BCUT2D eigenvalue weighted by molar-refractivity contribution is 0.116. The highest BCUT2D eigenvalue weighted by Crippen LogP contribution is 2.25. The van der Waals surface area contributed by atoms with Crippen molar-refractivity contribution in [2.75, 3.05) is 5.32 Å². The average Bonchev–Trinajstić information content (AvgIpc) is 2.27. The van der Waals surface area contributed by atoms with Crippen LogP contribution in [-0.2, 0) is 0 Å². The van der Waals surface area contributed by atoms with Gasteiger partial charge in [-0.1, -0.05) is 12.8 Å². The molecule has 1 aromatic carbocycles. The van der Waals surface area contributed by atoms with E-state index in [1.54, 1.807) is 12.1 Å². The van der Waals surface area contributed by atoms with Crippen LogP contribution in [0.5, 0.6) is 0 Å². The van der Waals surface area contributed by atoms with Gasteiger partial charge in [-0.2, -0.15) is 0 Å². The maximum absolute atomic E-state index is 13.0. The van der Waals surface area contributed by atoms with E-state index in [4.69, 9.17) is 0 Å². The molecule has 2 N–H and O–H groups in total. The van der Waals surface area contributed by atoms with Gasteiger partial charge in [0.1, 0.15) is 5.82 Å². The summed E-state index contributed by atoms with van der Waals surface area (Å²) in [6.45, 7) is 0. The smallest absolute Gasteiger partial charge is 0.137 e. The fourth-order valence-electron chi connectivity index (χ4n) is 2.08. The van der Waals surface area contributed by atoms with Gasteiger partial charge in [-0.05, 0) is 47.0 Å². The molecule has 0 aromatic heterocycles. The van der Waals surface area contributed by atoms with Crippen molar-refractivity contribution < 1.29 is 9.50 Å². The molecule has 2 nitrogen and oxygen atoms in total.